The molecular weight excluding hydrogens is 639 g/mol. The maximum absolute atomic E-state index is 13.6. The van der Waals surface area contributed by atoms with Crippen LogP contribution >= 0.6 is 0 Å². The smallest absolute Gasteiger partial charge is 0.317 e. The second-order valence-corrected chi connectivity index (χ2v) is 14.2. The number of sulfonamides is 1. The van der Waals surface area contributed by atoms with Crippen molar-refractivity contribution in [3.8, 4) is 0 Å². The van der Waals surface area contributed by atoms with E-state index in [1.165, 1.54) is 24.3 Å². The molecule has 0 unspecified atom stereocenters. The molecule has 0 aliphatic carbocycles. The van der Waals surface area contributed by atoms with Gasteiger partial charge in [-0.1, -0.05) is 55.0 Å². The predicted octanol–water partition coefficient (Wildman–Crippen LogP) is 5.41. The van der Waals surface area contributed by atoms with Crippen molar-refractivity contribution in [2.45, 2.75) is 69.9 Å². The first-order valence-corrected chi connectivity index (χ1v) is 18.1. The first kappa shape index (κ1) is 36.7. The minimum atomic E-state index is -3.19. The Balaban J connectivity index is 1.43. The number of anilines is 1. The van der Waals surface area contributed by atoms with Gasteiger partial charge in [-0.05, 0) is 97.9 Å². The average Bonchev–Trinajstić information content (AvgIpc) is 3.04. The van der Waals surface area contributed by atoms with Crippen LogP contribution in [0.25, 0.3) is 0 Å². The summed E-state index contributed by atoms with van der Waals surface area (Å²) >= 11 is 0. The standard InChI is InChI=1S/C36H43FN2O8S/c1-48(46,47)38-23-4-2-3-6-24-11-19-29(20-12-24)39-33(30(34(39)41)21-22-32(40)26-15-17-28(37)18-16-26)27-13-9-25(10-14-27)7-5-8-31(35(42)43)36(44)45/h9-20,30-33,38,40H,2-8,21-23H2,1H3,(H,42,43)(H,44,45)/t30-,32+,33-/m1/s1. The molecule has 1 heterocycles. The maximum atomic E-state index is 13.6. The normalized spacial score (nSPS) is 16.9. The number of hydrogen-bond acceptors (Lipinski definition) is 6. The number of aliphatic carboxylic acids is 2. The Morgan fingerprint density at radius 2 is 1.42 bits per heavy atom. The van der Waals surface area contributed by atoms with Crippen LogP contribution in [-0.2, 0) is 37.2 Å². The summed E-state index contributed by atoms with van der Waals surface area (Å²) in [6.45, 7) is 0.412. The minimum absolute atomic E-state index is 0.0200. The third kappa shape index (κ3) is 10.2. The van der Waals surface area contributed by atoms with Gasteiger partial charge in [0.2, 0.25) is 15.9 Å². The molecule has 4 N–H and O–H groups in total. The number of rotatable bonds is 19. The largest absolute Gasteiger partial charge is 0.481 e. The molecule has 3 atom stereocenters. The van der Waals surface area contributed by atoms with Gasteiger partial charge in [0.15, 0.2) is 5.92 Å². The molecule has 1 aliphatic rings. The summed E-state index contributed by atoms with van der Waals surface area (Å²) < 4.78 is 38.3. The number of amides is 1. The molecule has 0 aromatic heterocycles. The third-order valence-electron chi connectivity index (χ3n) is 8.82. The molecule has 0 radical (unpaired) electrons. The van der Waals surface area contributed by atoms with Crippen molar-refractivity contribution in [2.24, 2.45) is 11.8 Å². The molecule has 1 aliphatic heterocycles. The van der Waals surface area contributed by atoms with Gasteiger partial charge in [-0.3, -0.25) is 14.4 Å². The van der Waals surface area contributed by atoms with Crippen LogP contribution in [0.15, 0.2) is 72.8 Å². The lowest BCUT2D eigenvalue weighted by Crippen LogP contribution is -2.55. The number of aliphatic hydroxyl groups is 1. The molecule has 12 heteroatoms. The SMILES string of the molecule is CS(=O)(=O)NCCCCCc1ccc(N2C(=O)[C@H](CC[C@H](O)c3ccc(F)cc3)[C@H]2c2ccc(CCCC(C(=O)O)C(=O)O)cc2)cc1. The zero-order valence-electron chi connectivity index (χ0n) is 26.9. The first-order valence-electron chi connectivity index (χ1n) is 16.2. The highest BCUT2D eigenvalue weighted by Gasteiger charge is 2.48. The summed E-state index contributed by atoms with van der Waals surface area (Å²) in [6, 6.07) is 20.9. The van der Waals surface area contributed by atoms with Gasteiger partial charge in [-0.15, -0.1) is 0 Å². The van der Waals surface area contributed by atoms with Gasteiger partial charge in [0, 0.05) is 12.2 Å². The summed E-state index contributed by atoms with van der Waals surface area (Å²) in [6.07, 6.45) is 5.28. The Morgan fingerprint density at radius 3 is 2.00 bits per heavy atom. The van der Waals surface area contributed by atoms with Gasteiger partial charge in [0.05, 0.1) is 24.3 Å². The molecule has 1 saturated heterocycles. The molecule has 0 spiro atoms. The molecule has 1 amide bonds. The van der Waals surface area contributed by atoms with Crippen molar-refractivity contribution in [2.75, 3.05) is 17.7 Å². The van der Waals surface area contributed by atoms with Crippen LogP contribution < -0.4 is 9.62 Å². The van der Waals surface area contributed by atoms with Crippen LogP contribution in [0.4, 0.5) is 10.1 Å². The van der Waals surface area contributed by atoms with Gasteiger partial charge in [0.25, 0.3) is 0 Å². The van der Waals surface area contributed by atoms with Crippen LogP contribution in [0.3, 0.4) is 0 Å². The molecule has 0 bridgehead atoms. The van der Waals surface area contributed by atoms with Crippen molar-refractivity contribution < 1.29 is 42.5 Å². The lowest BCUT2D eigenvalue weighted by Gasteiger charge is -2.48. The van der Waals surface area contributed by atoms with Gasteiger partial charge < -0.3 is 20.2 Å². The number of β-lactam (4-membered cyclic amide) rings is 1. The quantitative estimate of drug-likeness (QED) is 0.0741. The van der Waals surface area contributed by atoms with E-state index in [2.05, 4.69) is 4.72 Å². The summed E-state index contributed by atoms with van der Waals surface area (Å²) in [5, 5.41) is 29.0. The Kier molecular flexibility index (Phi) is 12.9. The predicted molar refractivity (Wildman–Crippen MR) is 179 cm³/mol. The molecule has 48 heavy (non-hydrogen) atoms. The maximum Gasteiger partial charge on any atom is 0.317 e. The van der Waals surface area contributed by atoms with E-state index >= 15 is 0 Å². The fourth-order valence-electron chi connectivity index (χ4n) is 6.14. The number of carbonyl (C=O) groups is 3. The van der Waals surface area contributed by atoms with Crippen LogP contribution in [0.5, 0.6) is 0 Å². The lowest BCUT2D eigenvalue weighted by atomic mass is 9.78. The van der Waals surface area contributed by atoms with Gasteiger partial charge in [-0.2, -0.15) is 0 Å². The number of carbonyl (C=O) groups excluding carboxylic acids is 1. The van der Waals surface area contributed by atoms with E-state index in [9.17, 15) is 32.3 Å². The van der Waals surface area contributed by atoms with Crippen LogP contribution in [0.1, 0.15) is 79.3 Å². The highest BCUT2D eigenvalue weighted by molar-refractivity contribution is 7.88. The number of nitrogens with zero attached hydrogens (tertiary/aromatic N) is 1. The number of aryl methyl sites for hydroxylation is 2. The second-order valence-electron chi connectivity index (χ2n) is 12.4. The Hall–Kier alpha value is -4.13. The number of benzene rings is 3. The summed E-state index contributed by atoms with van der Waals surface area (Å²) in [7, 11) is -3.19. The summed E-state index contributed by atoms with van der Waals surface area (Å²) in [5.74, 6) is -4.99. The zero-order valence-corrected chi connectivity index (χ0v) is 27.7. The molecule has 3 aromatic carbocycles. The van der Waals surface area contributed by atoms with Crippen molar-refractivity contribution in [3.63, 3.8) is 0 Å². The number of nitrogens with one attached hydrogen (secondary N) is 1. The van der Waals surface area contributed by atoms with Crippen molar-refractivity contribution >= 4 is 33.6 Å². The number of halogens is 1. The Labute approximate surface area is 280 Å². The van der Waals surface area contributed by atoms with Gasteiger partial charge >= 0.3 is 11.9 Å². The number of hydrogen-bond donors (Lipinski definition) is 4. The van der Waals surface area contributed by atoms with E-state index in [4.69, 9.17) is 10.2 Å². The van der Waals surface area contributed by atoms with Gasteiger partial charge in [0.1, 0.15) is 5.82 Å². The third-order valence-corrected chi connectivity index (χ3v) is 9.54. The Morgan fingerprint density at radius 1 is 0.833 bits per heavy atom. The number of unbranched alkanes of at least 4 members (excludes halogenated alkanes) is 2. The number of carboxylic acids is 2. The molecular formula is C36H43FN2O8S. The van der Waals surface area contributed by atoms with Crippen molar-refractivity contribution in [1.29, 1.82) is 0 Å². The monoisotopic (exact) mass is 682 g/mol. The summed E-state index contributed by atoms with van der Waals surface area (Å²) in [4.78, 5) is 37.8. The number of carboxylic acid groups (broad SMARTS) is 2. The fraction of sp³-hybridized carbons (Fsp3) is 0.417. The second kappa shape index (κ2) is 16.8. The van der Waals surface area contributed by atoms with Gasteiger partial charge in [-0.25, -0.2) is 17.5 Å². The number of aliphatic hydroxyl groups excluding tert-OH is 1. The van der Waals surface area contributed by atoms with E-state index < -0.39 is 45.7 Å². The zero-order chi connectivity index (χ0) is 34.8. The van der Waals surface area contributed by atoms with E-state index in [0.717, 1.165) is 54.3 Å². The molecule has 0 saturated carbocycles. The molecule has 1 fully saturated rings. The van der Waals surface area contributed by atoms with Crippen LogP contribution in [-0.4, -0.2) is 54.4 Å². The topological polar surface area (TPSA) is 161 Å². The molecule has 258 valence electrons. The lowest BCUT2D eigenvalue weighted by molar-refractivity contribution is -0.154. The van der Waals surface area contributed by atoms with E-state index in [0.29, 0.717) is 37.8 Å². The first-order chi connectivity index (χ1) is 22.8. The van der Waals surface area contributed by atoms with E-state index in [-0.39, 0.29) is 18.4 Å². The Bertz CT molecular complexity index is 1630. The molecule has 4 rings (SSSR count). The fourth-order valence-corrected chi connectivity index (χ4v) is 6.66. The van der Waals surface area contributed by atoms with Crippen LogP contribution in [0, 0.1) is 17.7 Å². The van der Waals surface area contributed by atoms with E-state index in [1.807, 2.05) is 48.5 Å². The van der Waals surface area contributed by atoms with Crippen LogP contribution in [0.2, 0.25) is 0 Å². The van der Waals surface area contributed by atoms with E-state index in [1.54, 1.807) is 4.90 Å². The highest BCUT2D eigenvalue weighted by atomic mass is 32.2. The molecule has 3 aromatic rings. The summed E-state index contributed by atoms with van der Waals surface area (Å²) in [5.41, 5.74) is 4.26. The highest BCUT2D eigenvalue weighted by Crippen LogP contribution is 2.46. The average molecular weight is 683 g/mol. The minimum Gasteiger partial charge on any atom is -0.481 e. The van der Waals surface area contributed by atoms with Crippen molar-refractivity contribution in [3.05, 3.63) is 101 Å². The molecule has 10 nitrogen and oxygen atoms in total. The van der Waals surface area contributed by atoms with Crippen molar-refractivity contribution in [1.82, 2.24) is 4.72 Å².